The number of halogens is 1. The van der Waals surface area contributed by atoms with Crippen molar-refractivity contribution in [1.29, 1.82) is 0 Å². The minimum absolute atomic E-state index is 0.348. The predicted octanol–water partition coefficient (Wildman–Crippen LogP) is 1.14. The molecule has 0 amide bonds. The number of carbonyl (C=O) groups is 1. The first-order chi connectivity index (χ1) is 7.55. The maximum absolute atomic E-state index is 11.4. The van der Waals surface area contributed by atoms with E-state index in [4.69, 9.17) is 5.73 Å². The zero-order valence-electron chi connectivity index (χ0n) is 8.94. The molecule has 1 saturated heterocycles. The van der Waals surface area contributed by atoms with Crippen molar-refractivity contribution in [2.24, 2.45) is 5.73 Å². The monoisotopic (exact) mass is 284 g/mol. The molecule has 2 N–H and O–H groups in total. The van der Waals surface area contributed by atoms with Crippen molar-refractivity contribution in [3.05, 3.63) is 28.7 Å². The van der Waals surface area contributed by atoms with Crippen LogP contribution in [0.25, 0.3) is 0 Å². The van der Waals surface area contributed by atoms with Crippen LogP contribution in [0.3, 0.4) is 0 Å². The lowest BCUT2D eigenvalue weighted by atomic mass is 9.90. The van der Waals surface area contributed by atoms with Crippen LogP contribution in [-0.4, -0.2) is 31.7 Å². The molecule has 0 saturated carbocycles. The molecule has 0 aliphatic carbocycles. The lowest BCUT2D eigenvalue weighted by molar-refractivity contribution is -0.148. The van der Waals surface area contributed by atoms with Crippen LogP contribution in [0.5, 0.6) is 0 Å². The van der Waals surface area contributed by atoms with Crippen LogP contribution in [-0.2, 0) is 9.53 Å². The summed E-state index contributed by atoms with van der Waals surface area (Å²) in [6.45, 7) is 0.992. The van der Waals surface area contributed by atoms with E-state index >= 15 is 0 Å². The molecule has 1 aromatic rings. The van der Waals surface area contributed by atoms with Gasteiger partial charge in [-0.05, 0) is 18.2 Å². The number of carbonyl (C=O) groups excluding carboxylic acids is 1. The van der Waals surface area contributed by atoms with Gasteiger partial charge >= 0.3 is 5.97 Å². The average molecular weight is 285 g/mol. The Labute approximate surface area is 102 Å². The van der Waals surface area contributed by atoms with Gasteiger partial charge in [0.2, 0.25) is 0 Å². The molecule has 2 rings (SSSR count). The quantitative estimate of drug-likeness (QED) is 0.828. The summed E-state index contributed by atoms with van der Waals surface area (Å²) in [4.78, 5) is 13.4. The second kappa shape index (κ2) is 4.07. The summed E-state index contributed by atoms with van der Waals surface area (Å²) in [5.41, 5.74) is 6.10. The zero-order valence-corrected chi connectivity index (χ0v) is 10.5. The van der Waals surface area contributed by atoms with Gasteiger partial charge in [0.25, 0.3) is 0 Å². The van der Waals surface area contributed by atoms with Crippen LogP contribution in [0, 0.1) is 0 Å². The van der Waals surface area contributed by atoms with Crippen LogP contribution < -0.4 is 10.6 Å². The number of nitrogens with zero attached hydrogens (tertiary/aromatic N) is 1. The minimum atomic E-state index is -0.850. The van der Waals surface area contributed by atoms with Gasteiger partial charge in [0.1, 0.15) is 5.54 Å². The largest absolute Gasteiger partial charge is 0.468 e. The maximum atomic E-state index is 11.4. The predicted molar refractivity (Wildman–Crippen MR) is 65.3 cm³/mol. The third-order valence-electron chi connectivity index (χ3n) is 2.71. The smallest absolute Gasteiger partial charge is 0.329 e. The number of benzene rings is 1. The standard InChI is InChI=1S/C11H13BrN2O2/c1-16-10(15)11(13)6-14(7-11)9-4-2-3-8(12)5-9/h2-5H,6-7,13H2,1H3. The minimum Gasteiger partial charge on any atom is -0.468 e. The Morgan fingerprint density at radius 2 is 2.25 bits per heavy atom. The highest BCUT2D eigenvalue weighted by Crippen LogP contribution is 2.28. The van der Waals surface area contributed by atoms with Crippen molar-refractivity contribution in [3.63, 3.8) is 0 Å². The number of rotatable bonds is 2. The van der Waals surface area contributed by atoms with E-state index in [9.17, 15) is 4.79 Å². The SMILES string of the molecule is COC(=O)C1(N)CN(c2cccc(Br)c2)C1. The molecule has 1 heterocycles. The van der Waals surface area contributed by atoms with Crippen LogP contribution in [0.1, 0.15) is 0 Å². The molecule has 0 spiro atoms. The molecule has 4 nitrogen and oxygen atoms in total. The Morgan fingerprint density at radius 3 is 2.81 bits per heavy atom. The van der Waals surface area contributed by atoms with Gasteiger partial charge in [0.05, 0.1) is 7.11 Å². The summed E-state index contributed by atoms with van der Waals surface area (Å²) in [7, 11) is 1.36. The van der Waals surface area contributed by atoms with Gasteiger partial charge in [-0.15, -0.1) is 0 Å². The average Bonchev–Trinajstić information content (AvgIpc) is 2.23. The van der Waals surface area contributed by atoms with Gasteiger partial charge in [0.15, 0.2) is 0 Å². The fourth-order valence-corrected chi connectivity index (χ4v) is 2.21. The van der Waals surface area contributed by atoms with Crippen molar-refractivity contribution in [2.45, 2.75) is 5.54 Å². The van der Waals surface area contributed by atoms with Gasteiger partial charge in [-0.1, -0.05) is 22.0 Å². The van der Waals surface area contributed by atoms with Crippen molar-refractivity contribution in [2.75, 3.05) is 25.1 Å². The number of esters is 1. The van der Waals surface area contributed by atoms with E-state index in [-0.39, 0.29) is 5.97 Å². The van der Waals surface area contributed by atoms with Crippen LogP contribution in [0.15, 0.2) is 28.7 Å². The number of ether oxygens (including phenoxy) is 1. The van der Waals surface area contributed by atoms with Crippen molar-refractivity contribution >= 4 is 27.6 Å². The Bertz CT molecular complexity index is 416. The molecular formula is C11H13BrN2O2. The van der Waals surface area contributed by atoms with Crippen molar-refractivity contribution in [3.8, 4) is 0 Å². The van der Waals surface area contributed by atoms with Crippen LogP contribution in [0.4, 0.5) is 5.69 Å². The molecule has 0 unspecified atom stereocenters. The summed E-state index contributed by atoms with van der Waals surface area (Å²) >= 11 is 3.41. The number of anilines is 1. The fraction of sp³-hybridized carbons (Fsp3) is 0.364. The zero-order chi connectivity index (χ0) is 11.8. The van der Waals surface area contributed by atoms with E-state index < -0.39 is 5.54 Å². The highest BCUT2D eigenvalue weighted by molar-refractivity contribution is 9.10. The van der Waals surface area contributed by atoms with Gasteiger partial charge in [-0.2, -0.15) is 0 Å². The van der Waals surface area contributed by atoms with Gasteiger partial charge in [-0.25, -0.2) is 4.79 Å². The molecule has 5 heteroatoms. The summed E-state index contributed by atoms with van der Waals surface area (Å²) < 4.78 is 5.68. The van der Waals surface area contributed by atoms with E-state index in [0.29, 0.717) is 13.1 Å². The molecule has 1 fully saturated rings. The molecule has 1 aliphatic heterocycles. The summed E-state index contributed by atoms with van der Waals surface area (Å²) in [6, 6.07) is 7.89. The Balaban J connectivity index is 2.06. The first-order valence-electron chi connectivity index (χ1n) is 4.93. The second-order valence-corrected chi connectivity index (χ2v) is 4.90. The van der Waals surface area contributed by atoms with Gasteiger partial charge in [0, 0.05) is 23.2 Å². The van der Waals surface area contributed by atoms with Crippen LogP contribution in [0.2, 0.25) is 0 Å². The van der Waals surface area contributed by atoms with Gasteiger partial charge in [-0.3, -0.25) is 0 Å². The normalized spacial score (nSPS) is 17.8. The molecule has 0 radical (unpaired) electrons. The Morgan fingerprint density at radius 1 is 1.56 bits per heavy atom. The van der Waals surface area contributed by atoms with E-state index in [2.05, 4.69) is 20.7 Å². The second-order valence-electron chi connectivity index (χ2n) is 3.98. The molecule has 86 valence electrons. The highest BCUT2D eigenvalue weighted by atomic mass is 79.9. The third-order valence-corrected chi connectivity index (χ3v) is 3.20. The molecule has 1 aromatic carbocycles. The highest BCUT2D eigenvalue weighted by Gasteiger charge is 2.47. The Kier molecular flexibility index (Phi) is 2.90. The first-order valence-corrected chi connectivity index (χ1v) is 5.72. The lowest BCUT2D eigenvalue weighted by Gasteiger charge is -2.46. The van der Waals surface area contributed by atoms with E-state index in [0.717, 1.165) is 10.2 Å². The number of hydrogen-bond donors (Lipinski definition) is 1. The van der Waals surface area contributed by atoms with Crippen molar-refractivity contribution < 1.29 is 9.53 Å². The molecule has 1 aliphatic rings. The van der Waals surface area contributed by atoms with Crippen LogP contribution >= 0.6 is 15.9 Å². The third kappa shape index (κ3) is 1.92. The summed E-state index contributed by atoms with van der Waals surface area (Å²) in [5.74, 6) is -0.348. The van der Waals surface area contributed by atoms with Gasteiger partial charge < -0.3 is 15.4 Å². The Hall–Kier alpha value is -1.07. The first kappa shape index (κ1) is 11.4. The number of hydrogen-bond acceptors (Lipinski definition) is 4. The van der Waals surface area contributed by atoms with E-state index in [1.165, 1.54) is 7.11 Å². The fourth-order valence-electron chi connectivity index (χ4n) is 1.82. The maximum Gasteiger partial charge on any atom is 0.329 e. The molecule has 0 aromatic heterocycles. The molecule has 0 bridgehead atoms. The molecular weight excluding hydrogens is 272 g/mol. The lowest BCUT2D eigenvalue weighted by Crippen LogP contribution is -2.72. The van der Waals surface area contributed by atoms with Crippen molar-refractivity contribution in [1.82, 2.24) is 0 Å². The number of methoxy groups -OCH3 is 1. The summed E-state index contributed by atoms with van der Waals surface area (Å²) in [6.07, 6.45) is 0. The van der Waals surface area contributed by atoms with E-state index in [1.807, 2.05) is 29.2 Å². The topological polar surface area (TPSA) is 55.6 Å². The number of nitrogens with two attached hydrogens (primary N) is 1. The molecule has 0 atom stereocenters. The van der Waals surface area contributed by atoms with E-state index in [1.54, 1.807) is 0 Å². The summed E-state index contributed by atoms with van der Waals surface area (Å²) in [5, 5.41) is 0. The molecule has 16 heavy (non-hydrogen) atoms.